The number of halogens is 5. The van der Waals surface area contributed by atoms with Crippen LogP contribution in [0.25, 0.3) is 10.8 Å². The van der Waals surface area contributed by atoms with Gasteiger partial charge in [-0.1, -0.05) is 47.5 Å². The summed E-state index contributed by atoms with van der Waals surface area (Å²) in [6.45, 7) is 0. The molecule has 0 unspecified atom stereocenters. The van der Waals surface area contributed by atoms with Gasteiger partial charge in [-0.15, -0.1) is 0 Å². The number of benzene rings is 3. The molecular formula is C18H9Cl2F3O3. The smallest absolute Gasteiger partial charge is 0.346 e. The van der Waals surface area contributed by atoms with Gasteiger partial charge in [-0.2, -0.15) is 4.39 Å². The molecule has 0 saturated carbocycles. The summed E-state index contributed by atoms with van der Waals surface area (Å²) in [6, 6.07) is 8.39. The van der Waals surface area contributed by atoms with E-state index in [2.05, 4.69) is 4.74 Å². The fourth-order valence-corrected chi connectivity index (χ4v) is 3.01. The van der Waals surface area contributed by atoms with Crippen molar-refractivity contribution >= 4 is 39.9 Å². The van der Waals surface area contributed by atoms with Crippen molar-refractivity contribution < 1.29 is 27.4 Å². The Morgan fingerprint density at radius 3 is 2.23 bits per heavy atom. The number of ether oxygens (including phenoxy) is 2. The lowest BCUT2D eigenvalue weighted by atomic mass is 10.1. The third-order valence-corrected chi connectivity index (χ3v) is 4.23. The zero-order valence-electron chi connectivity index (χ0n) is 13.1. The van der Waals surface area contributed by atoms with Gasteiger partial charge in [-0.3, -0.25) is 0 Å². The Hall–Kier alpha value is -2.44. The highest BCUT2D eigenvalue weighted by atomic mass is 35.5. The van der Waals surface area contributed by atoms with Crippen LogP contribution in [-0.2, 0) is 0 Å². The van der Waals surface area contributed by atoms with Crippen molar-refractivity contribution in [1.82, 2.24) is 0 Å². The van der Waals surface area contributed by atoms with E-state index in [4.69, 9.17) is 27.9 Å². The second-order valence-electron chi connectivity index (χ2n) is 5.17. The Morgan fingerprint density at radius 2 is 1.58 bits per heavy atom. The van der Waals surface area contributed by atoms with Gasteiger partial charge in [0, 0.05) is 10.8 Å². The van der Waals surface area contributed by atoms with Crippen LogP contribution in [-0.4, -0.2) is 13.1 Å². The summed E-state index contributed by atoms with van der Waals surface area (Å²) in [7, 11) is 0.944. The topological polar surface area (TPSA) is 35.5 Å². The van der Waals surface area contributed by atoms with Crippen molar-refractivity contribution in [3.63, 3.8) is 0 Å². The zero-order chi connectivity index (χ0) is 19.0. The highest BCUT2D eigenvalue weighted by molar-refractivity contribution is 6.40. The molecular weight excluding hydrogens is 392 g/mol. The molecule has 0 aliphatic carbocycles. The average Bonchev–Trinajstić information content (AvgIpc) is 2.62. The van der Waals surface area contributed by atoms with E-state index < -0.39 is 34.7 Å². The molecule has 3 aromatic rings. The van der Waals surface area contributed by atoms with Gasteiger partial charge in [0.25, 0.3) is 0 Å². The van der Waals surface area contributed by atoms with Gasteiger partial charge in [0.05, 0.1) is 17.2 Å². The molecule has 0 N–H and O–H groups in total. The Labute approximate surface area is 155 Å². The predicted octanol–water partition coefficient (Wildman–Crippen LogP) is 5.79. The van der Waals surface area contributed by atoms with Crippen molar-refractivity contribution in [1.29, 1.82) is 0 Å². The number of esters is 1. The first-order chi connectivity index (χ1) is 12.3. The van der Waals surface area contributed by atoms with Gasteiger partial charge in [0.15, 0.2) is 23.1 Å². The molecule has 0 saturated heterocycles. The number of fused-ring (bicyclic) bond motifs is 1. The van der Waals surface area contributed by atoms with Gasteiger partial charge >= 0.3 is 5.97 Å². The SMILES string of the molecule is COc1c(F)c(F)cc(C(=O)Oc2c(Cl)cc(Cl)c3ccccc23)c1F. The van der Waals surface area contributed by atoms with Crippen molar-refractivity contribution in [3.8, 4) is 11.5 Å². The van der Waals surface area contributed by atoms with Crippen LogP contribution in [0.4, 0.5) is 13.2 Å². The lowest BCUT2D eigenvalue weighted by Crippen LogP contribution is -2.14. The van der Waals surface area contributed by atoms with E-state index in [1.165, 1.54) is 6.07 Å². The molecule has 0 spiro atoms. The Morgan fingerprint density at radius 1 is 0.923 bits per heavy atom. The number of hydrogen-bond donors (Lipinski definition) is 0. The second-order valence-corrected chi connectivity index (χ2v) is 5.99. The van der Waals surface area contributed by atoms with E-state index in [0.717, 1.165) is 7.11 Å². The minimum atomic E-state index is -1.54. The first-order valence-corrected chi connectivity index (χ1v) is 7.91. The molecule has 0 aliphatic heterocycles. The molecule has 0 amide bonds. The molecule has 26 heavy (non-hydrogen) atoms. The van der Waals surface area contributed by atoms with Gasteiger partial charge in [0.1, 0.15) is 5.56 Å². The van der Waals surface area contributed by atoms with Crippen LogP contribution in [0, 0.1) is 17.5 Å². The first kappa shape index (κ1) is 18.4. The molecule has 0 bridgehead atoms. The maximum absolute atomic E-state index is 14.3. The van der Waals surface area contributed by atoms with Crippen LogP contribution in [0.3, 0.4) is 0 Å². The third-order valence-electron chi connectivity index (χ3n) is 3.63. The van der Waals surface area contributed by atoms with Crippen molar-refractivity contribution in [3.05, 3.63) is 69.5 Å². The predicted molar refractivity (Wildman–Crippen MR) is 91.8 cm³/mol. The first-order valence-electron chi connectivity index (χ1n) is 7.15. The van der Waals surface area contributed by atoms with Crippen LogP contribution >= 0.6 is 23.2 Å². The fourth-order valence-electron chi connectivity index (χ4n) is 2.43. The van der Waals surface area contributed by atoms with E-state index in [1.54, 1.807) is 24.3 Å². The molecule has 0 aliphatic rings. The van der Waals surface area contributed by atoms with E-state index in [1.807, 2.05) is 0 Å². The van der Waals surface area contributed by atoms with E-state index >= 15 is 0 Å². The van der Waals surface area contributed by atoms with E-state index in [0.29, 0.717) is 21.9 Å². The molecule has 8 heteroatoms. The highest BCUT2D eigenvalue weighted by Crippen LogP contribution is 2.39. The molecule has 0 aromatic heterocycles. The number of carbonyl (C=O) groups excluding carboxylic acids is 1. The van der Waals surface area contributed by atoms with E-state index in [-0.39, 0.29) is 10.8 Å². The lowest BCUT2D eigenvalue weighted by Gasteiger charge is -2.13. The maximum Gasteiger partial charge on any atom is 0.346 e. The summed E-state index contributed by atoms with van der Waals surface area (Å²) in [5.74, 6) is -6.76. The second kappa shape index (κ2) is 7.05. The van der Waals surface area contributed by atoms with Gasteiger partial charge < -0.3 is 9.47 Å². The fraction of sp³-hybridized carbons (Fsp3) is 0.0556. The largest absolute Gasteiger partial charge is 0.491 e. The van der Waals surface area contributed by atoms with Crippen molar-refractivity contribution in [2.75, 3.05) is 7.11 Å². The van der Waals surface area contributed by atoms with Crippen molar-refractivity contribution in [2.45, 2.75) is 0 Å². The molecule has 134 valence electrons. The Bertz CT molecular complexity index is 1040. The Balaban J connectivity index is 2.10. The minimum Gasteiger partial charge on any atom is -0.491 e. The van der Waals surface area contributed by atoms with Crippen molar-refractivity contribution in [2.24, 2.45) is 0 Å². The average molecular weight is 401 g/mol. The zero-order valence-corrected chi connectivity index (χ0v) is 14.6. The summed E-state index contributed by atoms with van der Waals surface area (Å²) in [6.07, 6.45) is 0. The van der Waals surface area contributed by atoms with Crippen LogP contribution in [0.5, 0.6) is 11.5 Å². The molecule has 3 rings (SSSR count). The molecule has 0 atom stereocenters. The van der Waals surface area contributed by atoms with Gasteiger partial charge in [0.2, 0.25) is 5.82 Å². The molecule has 0 fully saturated rings. The summed E-state index contributed by atoms with van der Waals surface area (Å²) in [5.41, 5.74) is -0.837. The summed E-state index contributed by atoms with van der Waals surface area (Å²) in [4.78, 5) is 12.3. The lowest BCUT2D eigenvalue weighted by molar-refractivity contribution is 0.0730. The monoisotopic (exact) mass is 400 g/mol. The number of rotatable bonds is 3. The number of methoxy groups -OCH3 is 1. The third kappa shape index (κ3) is 3.06. The summed E-state index contributed by atoms with van der Waals surface area (Å²) < 4.78 is 51.0. The van der Waals surface area contributed by atoms with Crippen LogP contribution < -0.4 is 9.47 Å². The minimum absolute atomic E-state index is 0.00277. The van der Waals surface area contributed by atoms with Crippen LogP contribution in [0.2, 0.25) is 10.0 Å². The van der Waals surface area contributed by atoms with Gasteiger partial charge in [-0.05, 0) is 12.1 Å². The molecule has 0 heterocycles. The quantitative estimate of drug-likeness (QED) is 0.317. The van der Waals surface area contributed by atoms with E-state index in [9.17, 15) is 18.0 Å². The highest BCUT2D eigenvalue weighted by Gasteiger charge is 2.26. The van der Waals surface area contributed by atoms with Crippen LogP contribution in [0.15, 0.2) is 36.4 Å². The summed E-state index contributed by atoms with van der Waals surface area (Å²) >= 11 is 12.2. The normalized spacial score (nSPS) is 10.8. The number of hydrogen-bond acceptors (Lipinski definition) is 3. The molecule has 3 aromatic carbocycles. The molecule has 3 nitrogen and oxygen atoms in total. The van der Waals surface area contributed by atoms with Crippen LogP contribution in [0.1, 0.15) is 10.4 Å². The Kier molecular flexibility index (Phi) is 4.98. The maximum atomic E-state index is 14.3. The van der Waals surface area contributed by atoms with Gasteiger partial charge in [-0.25, -0.2) is 13.6 Å². The summed E-state index contributed by atoms with van der Waals surface area (Å²) in [5, 5.41) is 1.26. The molecule has 0 radical (unpaired) electrons. The number of carbonyl (C=O) groups is 1. The standard InChI is InChI=1S/C18H9Cl2F3O3/c1-25-17-14(22)10(6-13(21)15(17)23)18(24)26-16-9-5-3-2-4-8(9)11(19)7-12(16)20/h2-7H,1H3.